The van der Waals surface area contributed by atoms with Gasteiger partial charge in [-0.15, -0.1) is 0 Å². The number of aliphatic carboxylic acids is 1. The molecule has 1 atom stereocenters. The summed E-state index contributed by atoms with van der Waals surface area (Å²) in [5, 5.41) is 8.52. The predicted molar refractivity (Wildman–Crippen MR) is 152 cm³/mol. The molecule has 9 heteroatoms. The topological polar surface area (TPSA) is 130 Å². The fraction of sp³-hybridized carbons (Fsp3) is 0.963. The van der Waals surface area contributed by atoms with E-state index in [1.54, 1.807) is 0 Å². The molecule has 0 heterocycles. The molecule has 0 aromatic rings. The highest BCUT2D eigenvalue weighted by molar-refractivity contribution is 7.80. The molecule has 0 aromatic heterocycles. The first-order valence-corrected chi connectivity index (χ1v) is 15.4. The van der Waals surface area contributed by atoms with Crippen molar-refractivity contribution in [1.29, 1.82) is 0 Å². The number of hydrogen-bond acceptors (Lipinski definition) is 6. The summed E-state index contributed by atoms with van der Waals surface area (Å²) in [7, 11) is 0.0226. The third-order valence-corrected chi connectivity index (χ3v) is 6.43. The Labute approximate surface area is 223 Å². The summed E-state index contributed by atoms with van der Waals surface area (Å²) < 4.78 is 30.7. The van der Waals surface area contributed by atoms with Crippen molar-refractivity contribution in [3.05, 3.63) is 0 Å². The molecule has 0 aliphatic carbocycles. The van der Waals surface area contributed by atoms with Crippen LogP contribution < -0.4 is 5.73 Å². The first-order chi connectivity index (χ1) is 16.9. The molecule has 0 fully saturated rings. The van der Waals surface area contributed by atoms with Gasteiger partial charge in [0.05, 0.1) is 6.61 Å². The number of carbonyl (C=O) groups is 1. The van der Waals surface area contributed by atoms with Crippen molar-refractivity contribution in [2.24, 2.45) is 11.7 Å². The van der Waals surface area contributed by atoms with Gasteiger partial charge in [-0.25, -0.2) is 4.18 Å². The number of carboxylic acids is 1. The molecule has 0 saturated heterocycles. The molecular weight excluding hydrogens is 480 g/mol. The molecule has 4 N–H and O–H groups in total. The number of carboxylic acid groups (broad SMARTS) is 1. The van der Waals surface area contributed by atoms with Crippen LogP contribution in [0.25, 0.3) is 0 Å². The number of hydrogen-bond donors (Lipinski definition) is 3. The van der Waals surface area contributed by atoms with E-state index in [-0.39, 0.29) is 6.61 Å². The number of unbranched alkanes of at least 4 members (excludes halogenated alkanes) is 11. The van der Waals surface area contributed by atoms with E-state index in [2.05, 4.69) is 43.9 Å². The van der Waals surface area contributed by atoms with Crippen LogP contribution >= 0.6 is 0 Å². The average molecular weight is 541 g/mol. The smallest absolute Gasteiger partial charge is 0.397 e. The average Bonchev–Trinajstić information content (AvgIpc) is 2.77. The van der Waals surface area contributed by atoms with E-state index in [9.17, 15) is 13.2 Å². The van der Waals surface area contributed by atoms with Crippen molar-refractivity contribution in [2.45, 2.75) is 136 Å². The van der Waals surface area contributed by atoms with Gasteiger partial charge in [-0.1, -0.05) is 90.9 Å². The minimum atomic E-state index is -4.17. The lowest BCUT2D eigenvalue weighted by Crippen LogP contribution is -2.25. The van der Waals surface area contributed by atoms with Crippen LogP contribution in [-0.4, -0.2) is 62.2 Å². The Morgan fingerprint density at radius 3 is 1.50 bits per heavy atom. The van der Waals surface area contributed by atoms with E-state index in [0.717, 1.165) is 31.7 Å². The van der Waals surface area contributed by atoms with Crippen molar-refractivity contribution in [1.82, 2.24) is 4.90 Å². The predicted octanol–water partition coefficient (Wildman–Crippen LogP) is 6.69. The van der Waals surface area contributed by atoms with Crippen molar-refractivity contribution in [3.63, 3.8) is 0 Å². The number of nitrogens with two attached hydrogens (primary N) is 1. The third kappa shape index (κ3) is 43.3. The molecule has 0 aliphatic heterocycles. The Bertz CT molecular complexity index is 556. The molecule has 36 heavy (non-hydrogen) atoms. The van der Waals surface area contributed by atoms with E-state index in [0.29, 0.717) is 12.5 Å². The van der Waals surface area contributed by atoms with Crippen molar-refractivity contribution in [3.8, 4) is 0 Å². The zero-order chi connectivity index (χ0) is 28.2. The molecule has 220 valence electrons. The fourth-order valence-corrected chi connectivity index (χ4v) is 3.71. The van der Waals surface area contributed by atoms with Gasteiger partial charge in [-0.3, -0.25) is 9.35 Å². The molecule has 0 radical (unpaired) electrons. The van der Waals surface area contributed by atoms with Crippen LogP contribution in [-0.2, 0) is 19.4 Å². The van der Waals surface area contributed by atoms with Crippen LogP contribution in [0.2, 0.25) is 0 Å². The summed E-state index contributed by atoms with van der Waals surface area (Å²) in [6.45, 7) is 9.09. The maximum Gasteiger partial charge on any atom is 0.397 e. The van der Waals surface area contributed by atoms with Gasteiger partial charge in [-0.05, 0) is 59.7 Å². The normalized spacial score (nSPS) is 12.1. The summed E-state index contributed by atoms with van der Waals surface area (Å²) in [5.41, 5.74) is 5.36. The minimum absolute atomic E-state index is 0.0289. The highest BCUT2D eigenvalue weighted by atomic mass is 32.3. The van der Waals surface area contributed by atoms with E-state index in [1.807, 2.05) is 0 Å². The van der Waals surface area contributed by atoms with Gasteiger partial charge >= 0.3 is 16.4 Å². The molecule has 0 spiro atoms. The van der Waals surface area contributed by atoms with Crippen LogP contribution in [0.1, 0.15) is 130 Å². The van der Waals surface area contributed by atoms with Gasteiger partial charge < -0.3 is 15.7 Å². The summed E-state index contributed by atoms with van der Waals surface area (Å²) in [4.78, 5) is 12.6. The van der Waals surface area contributed by atoms with E-state index < -0.39 is 16.4 Å². The van der Waals surface area contributed by atoms with Crippen LogP contribution in [0.5, 0.6) is 0 Å². The minimum Gasteiger partial charge on any atom is -0.481 e. The maximum absolute atomic E-state index is 10.3. The van der Waals surface area contributed by atoms with Crippen LogP contribution in [0.15, 0.2) is 0 Å². The van der Waals surface area contributed by atoms with Crippen LogP contribution in [0, 0.1) is 5.92 Å². The van der Waals surface area contributed by atoms with E-state index in [1.165, 1.54) is 84.0 Å². The molecule has 0 rings (SSSR count). The van der Waals surface area contributed by atoms with Gasteiger partial charge in [0.15, 0.2) is 0 Å². The van der Waals surface area contributed by atoms with Crippen LogP contribution in [0.4, 0.5) is 0 Å². The zero-order valence-corrected chi connectivity index (χ0v) is 25.2. The van der Waals surface area contributed by atoms with Crippen molar-refractivity contribution < 1.29 is 27.1 Å². The lowest BCUT2D eigenvalue weighted by Gasteiger charge is -2.18. The van der Waals surface area contributed by atoms with E-state index >= 15 is 0 Å². The second-order valence-electron chi connectivity index (χ2n) is 10.1. The SMILES string of the molecule is CC(C)CCCCCCCCCCCCCCC(=O)O.CC(CCCN)N(C)C.CCOS(=O)(=O)O. The molecule has 0 aromatic carbocycles. The highest BCUT2D eigenvalue weighted by Gasteiger charge is 2.01. The first kappa shape index (κ1) is 39.8. The second kappa shape index (κ2) is 28.8. The van der Waals surface area contributed by atoms with Gasteiger partial charge in [-0.2, -0.15) is 8.42 Å². The molecule has 8 nitrogen and oxygen atoms in total. The number of nitrogens with zero attached hydrogens (tertiary/aromatic N) is 1. The van der Waals surface area contributed by atoms with Crippen LogP contribution in [0.3, 0.4) is 0 Å². The lowest BCUT2D eigenvalue weighted by atomic mass is 10.0. The third-order valence-electron chi connectivity index (χ3n) is 5.90. The van der Waals surface area contributed by atoms with Gasteiger partial charge in [0, 0.05) is 12.5 Å². The second-order valence-corrected chi connectivity index (χ2v) is 11.2. The lowest BCUT2D eigenvalue weighted by molar-refractivity contribution is -0.137. The van der Waals surface area contributed by atoms with Crippen molar-refractivity contribution in [2.75, 3.05) is 27.2 Å². The molecule has 1 unspecified atom stereocenters. The van der Waals surface area contributed by atoms with Gasteiger partial charge in [0.2, 0.25) is 0 Å². The fourth-order valence-electron chi connectivity index (χ4n) is 3.42. The van der Waals surface area contributed by atoms with Gasteiger partial charge in [0.25, 0.3) is 0 Å². The Morgan fingerprint density at radius 1 is 0.806 bits per heavy atom. The number of rotatable bonds is 21. The maximum atomic E-state index is 10.3. The highest BCUT2D eigenvalue weighted by Crippen LogP contribution is 2.14. The molecular formula is C27H60N2O6S. The monoisotopic (exact) mass is 540 g/mol. The molecule has 0 aliphatic rings. The summed E-state index contributed by atoms with van der Waals surface area (Å²) in [5.74, 6) is 0.212. The standard InChI is InChI=1S/C18H36O2.C7H18N2.C2H6O4S/c1-17(2)15-13-11-9-7-5-3-4-6-8-10-12-14-16-18(19)20;1-7(9(2)3)5-4-6-8;1-2-6-7(3,4)5/h17H,3-16H2,1-2H3,(H,19,20);7H,4-6,8H2,1-3H3;2H2,1H3,(H,3,4,5). The molecule has 0 saturated carbocycles. The Kier molecular flexibility index (Phi) is 31.8. The van der Waals surface area contributed by atoms with E-state index in [4.69, 9.17) is 15.4 Å². The summed E-state index contributed by atoms with van der Waals surface area (Å²) in [6, 6.07) is 0.675. The molecule has 0 amide bonds. The largest absolute Gasteiger partial charge is 0.481 e. The Hall–Kier alpha value is -0.740. The Balaban J connectivity index is -0.000000558. The molecule has 0 bridgehead atoms. The quantitative estimate of drug-likeness (QED) is 0.108. The Morgan fingerprint density at radius 2 is 1.22 bits per heavy atom. The van der Waals surface area contributed by atoms with Crippen molar-refractivity contribution >= 4 is 16.4 Å². The first-order valence-electron chi connectivity index (χ1n) is 14.1. The summed E-state index contributed by atoms with van der Waals surface area (Å²) in [6.07, 6.45) is 19.7. The zero-order valence-electron chi connectivity index (χ0n) is 24.3. The summed E-state index contributed by atoms with van der Waals surface area (Å²) >= 11 is 0. The van der Waals surface area contributed by atoms with Gasteiger partial charge in [0.1, 0.15) is 0 Å².